The van der Waals surface area contributed by atoms with E-state index >= 15 is 0 Å². The molecule has 0 saturated heterocycles. The Hall–Kier alpha value is -6.90. The highest BCUT2D eigenvalue weighted by Gasteiger charge is 2.30. The molecule has 0 spiro atoms. The molecular weight excluding hydrogens is 826 g/mol. The average Bonchev–Trinajstić information content (AvgIpc) is 3.24. The number of hydrogen-bond acceptors (Lipinski definition) is 9. The number of nitrogen functional groups attached to an aromatic ring is 1. The minimum Gasteiger partial charge on any atom is -0.506 e. The van der Waals surface area contributed by atoms with Crippen LogP contribution in [0.5, 0.6) is 11.5 Å². The van der Waals surface area contributed by atoms with E-state index in [1.807, 2.05) is 67.6 Å². The highest BCUT2D eigenvalue weighted by Crippen LogP contribution is 2.39. The van der Waals surface area contributed by atoms with E-state index in [9.17, 15) is 37.0 Å². The number of carbonyl (C=O) groups excluding carboxylic acids is 1. The molecule has 0 aliphatic rings. The number of nitrogens with zero attached hydrogens (tertiary/aromatic N) is 4. The number of halogens is 7. The van der Waals surface area contributed by atoms with Crippen molar-refractivity contribution in [2.45, 2.75) is 19.1 Å². The van der Waals surface area contributed by atoms with Crippen molar-refractivity contribution >= 4 is 62.9 Å². The number of rotatable bonds is 5. The van der Waals surface area contributed by atoms with Crippen LogP contribution in [-0.2, 0) is 6.18 Å². The van der Waals surface area contributed by atoms with Crippen LogP contribution in [0.25, 0.3) is 21.8 Å². The fourth-order valence-corrected chi connectivity index (χ4v) is 5.87. The number of carbonyl (C=O) groups is 1. The Balaban J connectivity index is 0.000000175. The van der Waals surface area contributed by atoms with Gasteiger partial charge in [0.15, 0.2) is 6.29 Å². The Morgan fingerprint density at radius 2 is 1.33 bits per heavy atom. The third kappa shape index (κ3) is 11.8. The normalized spacial score (nSPS) is 11.2. The van der Waals surface area contributed by atoms with Gasteiger partial charge >= 0.3 is 6.18 Å². The van der Waals surface area contributed by atoms with Crippen molar-refractivity contribution in [3.63, 3.8) is 0 Å². The van der Waals surface area contributed by atoms with Gasteiger partial charge in [0.25, 0.3) is 0 Å². The van der Waals surface area contributed by atoms with Crippen LogP contribution in [0.4, 0.5) is 33.6 Å². The lowest BCUT2D eigenvalue weighted by Gasteiger charge is -2.23. The number of pyridine rings is 4. The molecule has 0 amide bonds. The smallest absolute Gasteiger partial charge is 0.416 e. The van der Waals surface area contributed by atoms with Crippen LogP contribution >= 0.6 is 23.2 Å². The number of aromatic hydroxyl groups is 2. The van der Waals surface area contributed by atoms with E-state index in [4.69, 9.17) is 28.9 Å². The summed E-state index contributed by atoms with van der Waals surface area (Å²) in [7, 11) is 0. The monoisotopic (exact) mass is 858 g/mol. The van der Waals surface area contributed by atoms with Crippen LogP contribution in [0, 0.1) is 18.6 Å². The van der Waals surface area contributed by atoms with E-state index in [1.165, 1.54) is 18.2 Å². The quantitative estimate of drug-likeness (QED) is 0.0981. The van der Waals surface area contributed by atoms with E-state index in [0.29, 0.717) is 33.3 Å². The van der Waals surface area contributed by atoms with Crippen LogP contribution in [0.1, 0.15) is 38.7 Å². The first kappa shape index (κ1) is 44.2. The minimum atomic E-state index is -4.44. The molecule has 0 bridgehead atoms. The number of fused-ring (bicyclic) bond motifs is 2. The van der Waals surface area contributed by atoms with Gasteiger partial charge in [-0.3, -0.25) is 14.8 Å². The van der Waals surface area contributed by atoms with Gasteiger partial charge in [0.05, 0.1) is 29.0 Å². The van der Waals surface area contributed by atoms with Gasteiger partial charge in [-0.1, -0.05) is 77.3 Å². The molecule has 9 nitrogen and oxygen atoms in total. The maximum absolute atomic E-state index is 13.3. The van der Waals surface area contributed by atoms with Crippen molar-refractivity contribution in [1.29, 1.82) is 0 Å². The molecular formula is C44H33Cl2F5N6O3. The fourth-order valence-electron chi connectivity index (χ4n) is 5.48. The van der Waals surface area contributed by atoms with Gasteiger partial charge in [-0.15, -0.1) is 0 Å². The Kier molecular flexibility index (Phi) is 14.9. The molecule has 4 aromatic carbocycles. The molecule has 1 atom stereocenters. The third-order valence-corrected chi connectivity index (χ3v) is 9.07. The summed E-state index contributed by atoms with van der Waals surface area (Å²) in [6.07, 6.45) is 1.37. The number of benzene rings is 4. The summed E-state index contributed by atoms with van der Waals surface area (Å²) in [5.41, 5.74) is 7.68. The minimum absolute atomic E-state index is 0.0167. The van der Waals surface area contributed by atoms with Gasteiger partial charge in [0.1, 0.15) is 45.8 Å². The molecule has 16 heteroatoms. The van der Waals surface area contributed by atoms with Gasteiger partial charge in [-0.05, 0) is 79.2 Å². The second-order valence-electron chi connectivity index (χ2n) is 12.6. The van der Waals surface area contributed by atoms with E-state index in [1.54, 1.807) is 30.6 Å². The van der Waals surface area contributed by atoms with Gasteiger partial charge in [-0.2, -0.15) is 13.2 Å². The first-order valence-corrected chi connectivity index (χ1v) is 18.3. The molecule has 1 unspecified atom stereocenters. The third-order valence-electron chi connectivity index (χ3n) is 8.38. The van der Waals surface area contributed by atoms with Crippen LogP contribution in [0.2, 0.25) is 10.0 Å². The van der Waals surface area contributed by atoms with Crippen LogP contribution in [-0.4, -0.2) is 36.4 Å². The predicted octanol–water partition coefficient (Wildman–Crippen LogP) is 11.6. The summed E-state index contributed by atoms with van der Waals surface area (Å²) in [4.78, 5) is 26.2. The van der Waals surface area contributed by atoms with Gasteiger partial charge in [0, 0.05) is 39.3 Å². The second kappa shape index (κ2) is 20.2. The molecule has 8 rings (SSSR count). The number of aldehydes is 1. The molecule has 0 aliphatic carbocycles. The van der Waals surface area contributed by atoms with E-state index in [2.05, 4.69) is 25.3 Å². The van der Waals surface area contributed by atoms with Gasteiger partial charge < -0.3 is 21.3 Å². The Morgan fingerprint density at radius 3 is 1.93 bits per heavy atom. The molecule has 0 aliphatic heterocycles. The van der Waals surface area contributed by atoms with Crippen molar-refractivity contribution in [1.82, 2.24) is 19.9 Å². The van der Waals surface area contributed by atoms with Crippen LogP contribution in [0.3, 0.4) is 0 Å². The molecule has 306 valence electrons. The number of nitrogens with two attached hydrogens (primary N) is 1. The topological polar surface area (TPSA) is 147 Å². The number of phenolic OH excluding ortho intramolecular Hbond substituents is 2. The number of nitrogens with one attached hydrogen (secondary N) is 1. The summed E-state index contributed by atoms with van der Waals surface area (Å²) in [6, 6.07) is 29.9. The zero-order valence-corrected chi connectivity index (χ0v) is 32.8. The molecule has 60 heavy (non-hydrogen) atoms. The summed E-state index contributed by atoms with van der Waals surface area (Å²) in [5, 5.41) is 25.9. The second-order valence-corrected chi connectivity index (χ2v) is 13.5. The lowest BCUT2D eigenvalue weighted by Crippen LogP contribution is -2.14. The van der Waals surface area contributed by atoms with E-state index in [0.717, 1.165) is 52.5 Å². The van der Waals surface area contributed by atoms with Crippen molar-refractivity contribution in [2.24, 2.45) is 0 Å². The van der Waals surface area contributed by atoms with Crippen LogP contribution < -0.4 is 11.1 Å². The Labute approximate surface area is 350 Å². The van der Waals surface area contributed by atoms with Crippen LogP contribution in [0.15, 0.2) is 140 Å². The zero-order chi connectivity index (χ0) is 43.4. The SMILES string of the molecule is Cc1ccc(Cl)c(C(Nc2ccc(F)cn2)c2ccc3cccnc3c2O)c1.Nc1ccc(F)cn1.O=Cc1cc(C(F)(F)F)ccc1Cl.Oc1cccc2cccnc12. The van der Waals surface area contributed by atoms with Crippen molar-refractivity contribution in [3.8, 4) is 11.5 Å². The number of anilines is 2. The van der Waals surface area contributed by atoms with Crippen molar-refractivity contribution < 1.29 is 37.0 Å². The summed E-state index contributed by atoms with van der Waals surface area (Å²) in [6.45, 7) is 1.97. The molecule has 8 aromatic rings. The predicted molar refractivity (Wildman–Crippen MR) is 223 cm³/mol. The fraction of sp³-hybridized carbons (Fsp3) is 0.0682. The highest BCUT2D eigenvalue weighted by molar-refractivity contribution is 6.33. The average molecular weight is 860 g/mol. The standard InChI is InChI=1S/C22H17ClFN3O.C9H7NO.C8H4ClF3O.C5H5FN2/c1-13-4-8-18(23)17(11-13)21(27-19-9-6-15(24)12-26-19)16-7-5-14-3-2-10-25-20(14)22(16)28;11-8-5-1-3-7-4-2-6-10-9(7)8;9-7-2-1-6(8(10,11)12)3-5(7)4-13;6-4-1-2-5(7)8-3-4/h2-12,21,28H,1H3,(H,26,27);1-6,11H;1-4H;1-3H,(H2,7,8). The zero-order valence-electron chi connectivity index (χ0n) is 31.2. The maximum Gasteiger partial charge on any atom is 0.416 e. The lowest BCUT2D eigenvalue weighted by atomic mass is 9.95. The lowest BCUT2D eigenvalue weighted by molar-refractivity contribution is -0.137. The summed E-state index contributed by atoms with van der Waals surface area (Å²) >= 11 is 11.9. The summed E-state index contributed by atoms with van der Waals surface area (Å²) in [5.74, 6) is 0.321. The number of aromatic nitrogens is 4. The van der Waals surface area contributed by atoms with E-state index < -0.39 is 23.6 Å². The number of hydrogen-bond donors (Lipinski definition) is 4. The molecule has 5 N–H and O–H groups in total. The molecule has 0 fully saturated rings. The molecule has 0 radical (unpaired) electrons. The Morgan fingerprint density at radius 1 is 0.700 bits per heavy atom. The van der Waals surface area contributed by atoms with Gasteiger partial charge in [0.2, 0.25) is 0 Å². The van der Waals surface area contributed by atoms with Crippen molar-refractivity contribution in [3.05, 3.63) is 190 Å². The summed E-state index contributed by atoms with van der Waals surface area (Å²) < 4.78 is 61.5. The first-order valence-electron chi connectivity index (χ1n) is 17.6. The number of phenols is 2. The molecule has 0 saturated carbocycles. The van der Waals surface area contributed by atoms with Crippen molar-refractivity contribution in [2.75, 3.05) is 11.1 Å². The molecule has 4 aromatic heterocycles. The maximum atomic E-state index is 13.3. The van der Waals surface area contributed by atoms with Gasteiger partial charge in [-0.25, -0.2) is 18.7 Å². The number of alkyl halides is 3. The molecule has 4 heterocycles. The highest BCUT2D eigenvalue weighted by atomic mass is 35.5. The number of aryl methyl sites for hydroxylation is 1. The first-order chi connectivity index (χ1) is 28.6. The van der Waals surface area contributed by atoms with E-state index in [-0.39, 0.29) is 34.2 Å². The Bertz CT molecular complexity index is 2680. The largest absolute Gasteiger partial charge is 0.506 e. The number of para-hydroxylation sites is 1.